The molecule has 0 radical (unpaired) electrons. The third-order valence-electron chi connectivity index (χ3n) is 2.91. The molecule has 4 heteroatoms. The predicted octanol–water partition coefficient (Wildman–Crippen LogP) is 2.75. The summed E-state index contributed by atoms with van der Waals surface area (Å²) in [5.74, 6) is 0. The number of benzene rings is 1. The smallest absolute Gasteiger partial charge is 0.166 e. The minimum Gasteiger partial charge on any atom is -0.362 e. The molecular formula is C15H19N3S. The highest BCUT2D eigenvalue weighted by Gasteiger charge is 2.02. The topological polar surface area (TPSA) is 39.8 Å². The molecule has 0 fully saturated rings. The van der Waals surface area contributed by atoms with Gasteiger partial charge in [0.25, 0.3) is 0 Å². The van der Waals surface area contributed by atoms with Crippen LogP contribution in [0.15, 0.2) is 42.6 Å². The molecule has 0 saturated carbocycles. The second-order valence-electron chi connectivity index (χ2n) is 4.68. The molecule has 3 nitrogen and oxygen atoms in total. The van der Waals surface area contributed by atoms with Crippen LogP contribution >= 0.6 is 12.2 Å². The Kier molecular flexibility index (Phi) is 4.58. The molecule has 0 aliphatic carbocycles. The molecule has 0 atom stereocenters. The summed E-state index contributed by atoms with van der Waals surface area (Å²) in [6.45, 7) is 7.35. The van der Waals surface area contributed by atoms with Gasteiger partial charge in [0.15, 0.2) is 5.11 Å². The lowest BCUT2D eigenvalue weighted by atomic mass is 10.1. The van der Waals surface area contributed by atoms with Gasteiger partial charge in [-0.05, 0) is 37.2 Å². The predicted molar refractivity (Wildman–Crippen MR) is 85.4 cm³/mol. The molecule has 3 N–H and O–H groups in total. The van der Waals surface area contributed by atoms with E-state index in [4.69, 9.17) is 12.2 Å². The Morgan fingerprint density at radius 2 is 2.11 bits per heavy atom. The quantitative estimate of drug-likeness (QED) is 0.579. The number of nitrogens with one attached hydrogen (secondary N) is 3. The molecule has 19 heavy (non-hydrogen) atoms. The second kappa shape index (κ2) is 6.38. The third-order valence-corrected chi connectivity index (χ3v) is 3.19. The van der Waals surface area contributed by atoms with E-state index in [-0.39, 0.29) is 0 Å². The van der Waals surface area contributed by atoms with Gasteiger partial charge in [-0.25, -0.2) is 0 Å². The molecule has 0 saturated heterocycles. The van der Waals surface area contributed by atoms with Gasteiger partial charge in [0, 0.05) is 30.2 Å². The fourth-order valence-electron chi connectivity index (χ4n) is 1.94. The van der Waals surface area contributed by atoms with Crippen LogP contribution in [0.25, 0.3) is 10.9 Å². The molecule has 0 spiro atoms. The van der Waals surface area contributed by atoms with Crippen molar-refractivity contribution in [2.75, 3.05) is 13.1 Å². The zero-order valence-corrected chi connectivity index (χ0v) is 11.9. The van der Waals surface area contributed by atoms with Gasteiger partial charge >= 0.3 is 0 Å². The second-order valence-corrected chi connectivity index (χ2v) is 5.08. The first-order valence-corrected chi connectivity index (χ1v) is 6.78. The summed E-state index contributed by atoms with van der Waals surface area (Å²) in [4.78, 5) is 3.28. The van der Waals surface area contributed by atoms with Gasteiger partial charge in [-0.3, -0.25) is 0 Å². The number of fused-ring (bicyclic) bond motifs is 1. The van der Waals surface area contributed by atoms with E-state index >= 15 is 0 Å². The first-order chi connectivity index (χ1) is 9.16. The van der Waals surface area contributed by atoms with E-state index in [1.54, 1.807) is 0 Å². The summed E-state index contributed by atoms with van der Waals surface area (Å²) in [5, 5.41) is 8.28. The van der Waals surface area contributed by atoms with Gasteiger partial charge in [0.1, 0.15) is 0 Å². The van der Waals surface area contributed by atoms with Crippen molar-refractivity contribution in [3.63, 3.8) is 0 Å². The van der Waals surface area contributed by atoms with Crippen molar-refractivity contribution in [1.82, 2.24) is 15.6 Å². The van der Waals surface area contributed by atoms with Crippen LogP contribution in [-0.2, 0) is 6.42 Å². The number of thiocarbonyl (C=S) groups is 1. The van der Waals surface area contributed by atoms with E-state index in [0.29, 0.717) is 5.11 Å². The van der Waals surface area contributed by atoms with E-state index in [1.165, 1.54) is 16.5 Å². The average molecular weight is 273 g/mol. The molecule has 2 rings (SSSR count). The fourth-order valence-corrected chi connectivity index (χ4v) is 2.12. The normalized spacial score (nSPS) is 10.4. The van der Waals surface area contributed by atoms with Crippen LogP contribution in [0.2, 0.25) is 0 Å². The van der Waals surface area contributed by atoms with Gasteiger partial charge in [0.05, 0.1) is 0 Å². The monoisotopic (exact) mass is 273 g/mol. The highest BCUT2D eigenvalue weighted by atomic mass is 32.1. The molecule has 2 aromatic rings. The maximum atomic E-state index is 5.19. The van der Waals surface area contributed by atoms with Crippen LogP contribution in [0.5, 0.6) is 0 Å². The number of para-hydroxylation sites is 1. The Morgan fingerprint density at radius 1 is 1.32 bits per heavy atom. The SMILES string of the molecule is C=C(C)CNC(=S)NCCc1c[nH]c2ccccc12. The Morgan fingerprint density at radius 3 is 2.89 bits per heavy atom. The van der Waals surface area contributed by atoms with Gasteiger partial charge in [-0.2, -0.15) is 0 Å². The number of aromatic amines is 1. The van der Waals surface area contributed by atoms with Crippen molar-refractivity contribution in [2.24, 2.45) is 0 Å². The van der Waals surface area contributed by atoms with Crippen molar-refractivity contribution < 1.29 is 0 Å². The van der Waals surface area contributed by atoms with Gasteiger partial charge in [-0.15, -0.1) is 0 Å². The zero-order valence-electron chi connectivity index (χ0n) is 11.1. The molecule has 0 unspecified atom stereocenters. The van der Waals surface area contributed by atoms with Gasteiger partial charge in [0.2, 0.25) is 0 Å². The number of aromatic nitrogens is 1. The summed E-state index contributed by atoms with van der Waals surface area (Å²) >= 11 is 5.19. The highest BCUT2D eigenvalue weighted by Crippen LogP contribution is 2.17. The van der Waals surface area contributed by atoms with Crippen LogP contribution in [0, 0.1) is 0 Å². The number of rotatable bonds is 5. The van der Waals surface area contributed by atoms with E-state index in [2.05, 4.69) is 46.6 Å². The van der Waals surface area contributed by atoms with Crippen molar-refractivity contribution >= 4 is 28.2 Å². The lowest BCUT2D eigenvalue weighted by Gasteiger charge is -2.09. The van der Waals surface area contributed by atoms with Crippen LogP contribution in [0.4, 0.5) is 0 Å². The lowest BCUT2D eigenvalue weighted by molar-refractivity contribution is 0.837. The van der Waals surface area contributed by atoms with Crippen molar-refractivity contribution in [1.29, 1.82) is 0 Å². The molecule has 0 bridgehead atoms. The Balaban J connectivity index is 1.83. The van der Waals surface area contributed by atoms with Crippen LogP contribution < -0.4 is 10.6 Å². The number of hydrogen-bond donors (Lipinski definition) is 3. The standard InChI is InChI=1S/C15H19N3S/c1-11(2)9-18-15(19)16-8-7-12-10-17-14-6-4-3-5-13(12)14/h3-6,10,17H,1,7-9H2,2H3,(H2,16,18,19). The van der Waals surface area contributed by atoms with Crippen LogP contribution in [0.3, 0.4) is 0 Å². The fraction of sp³-hybridized carbons (Fsp3) is 0.267. The van der Waals surface area contributed by atoms with Crippen molar-refractivity contribution in [2.45, 2.75) is 13.3 Å². The zero-order chi connectivity index (χ0) is 13.7. The first-order valence-electron chi connectivity index (χ1n) is 6.38. The number of H-pyrrole nitrogens is 1. The van der Waals surface area contributed by atoms with E-state index in [1.807, 2.05) is 13.0 Å². The molecule has 1 aromatic heterocycles. The summed E-state index contributed by atoms with van der Waals surface area (Å²) < 4.78 is 0. The maximum Gasteiger partial charge on any atom is 0.166 e. The summed E-state index contributed by atoms with van der Waals surface area (Å²) in [7, 11) is 0. The largest absolute Gasteiger partial charge is 0.362 e. The number of hydrogen-bond acceptors (Lipinski definition) is 1. The minimum absolute atomic E-state index is 0.683. The molecule has 1 aromatic carbocycles. The van der Waals surface area contributed by atoms with Crippen molar-refractivity contribution in [3.05, 3.63) is 48.2 Å². The lowest BCUT2D eigenvalue weighted by Crippen LogP contribution is -2.37. The summed E-state index contributed by atoms with van der Waals surface area (Å²) in [5.41, 5.74) is 3.56. The Hall–Kier alpha value is -1.81. The summed E-state index contributed by atoms with van der Waals surface area (Å²) in [6.07, 6.45) is 3.01. The molecule has 0 amide bonds. The Bertz CT molecular complexity index is 586. The maximum absolute atomic E-state index is 5.19. The van der Waals surface area contributed by atoms with Crippen molar-refractivity contribution in [3.8, 4) is 0 Å². The highest BCUT2D eigenvalue weighted by molar-refractivity contribution is 7.80. The third kappa shape index (κ3) is 3.83. The molecular weight excluding hydrogens is 254 g/mol. The molecule has 100 valence electrons. The average Bonchev–Trinajstić information content (AvgIpc) is 2.80. The minimum atomic E-state index is 0.683. The first kappa shape index (κ1) is 13.6. The molecule has 1 heterocycles. The molecule has 0 aliphatic rings. The Labute approximate surface area is 119 Å². The van der Waals surface area contributed by atoms with E-state index in [9.17, 15) is 0 Å². The van der Waals surface area contributed by atoms with Crippen LogP contribution in [-0.4, -0.2) is 23.2 Å². The van der Waals surface area contributed by atoms with Gasteiger partial charge in [-0.1, -0.05) is 30.4 Å². The summed E-state index contributed by atoms with van der Waals surface area (Å²) in [6, 6.07) is 8.33. The van der Waals surface area contributed by atoms with Crippen LogP contribution in [0.1, 0.15) is 12.5 Å². The van der Waals surface area contributed by atoms with E-state index < -0.39 is 0 Å². The van der Waals surface area contributed by atoms with Gasteiger partial charge < -0.3 is 15.6 Å². The molecule has 0 aliphatic heterocycles. The van der Waals surface area contributed by atoms with E-state index in [0.717, 1.165) is 25.1 Å².